The first-order valence-corrected chi connectivity index (χ1v) is 7.36. The third-order valence-corrected chi connectivity index (χ3v) is 4.12. The summed E-state index contributed by atoms with van der Waals surface area (Å²) in [5.74, 6) is 0.953. The van der Waals surface area contributed by atoms with Crippen LogP contribution in [0.5, 0.6) is 5.75 Å². The summed E-state index contributed by atoms with van der Waals surface area (Å²) >= 11 is 0. The van der Waals surface area contributed by atoms with Crippen molar-refractivity contribution in [2.24, 2.45) is 0 Å². The number of Topliss-reactive ketones (excluding diaryl/α,β-unsaturated/α-hetero) is 1. The lowest BCUT2D eigenvalue weighted by Gasteiger charge is -2.32. The minimum absolute atomic E-state index is 0.149. The monoisotopic (exact) mass is 294 g/mol. The Balaban J connectivity index is 2.46. The highest BCUT2D eigenvalue weighted by Gasteiger charge is 2.32. The number of ether oxygens (including phenoxy) is 1. The van der Waals surface area contributed by atoms with Crippen molar-refractivity contribution >= 4 is 11.4 Å². The van der Waals surface area contributed by atoms with Crippen molar-refractivity contribution in [1.29, 1.82) is 0 Å². The predicted octanol–water partition coefficient (Wildman–Crippen LogP) is 4.65. The van der Waals surface area contributed by atoms with E-state index in [9.17, 15) is 4.79 Å². The summed E-state index contributed by atoms with van der Waals surface area (Å²) in [6.07, 6.45) is 0.424. The fraction of sp³-hybridized carbons (Fsp3) is 0.250. The third-order valence-electron chi connectivity index (χ3n) is 4.12. The lowest BCUT2D eigenvalue weighted by molar-refractivity contribution is -0.117. The van der Waals surface area contributed by atoms with Crippen LogP contribution in [0.4, 0.5) is 0 Å². The average molecular weight is 294 g/mol. The first kappa shape index (κ1) is 16.0. The largest absolute Gasteiger partial charge is 0.497 e. The zero-order valence-corrected chi connectivity index (χ0v) is 13.4. The van der Waals surface area contributed by atoms with Gasteiger partial charge in [-0.05, 0) is 35.8 Å². The Bertz CT molecular complexity index is 656. The smallest absolute Gasteiger partial charge is 0.131 e. The number of carbonyl (C=O) groups is 1. The Kier molecular flexibility index (Phi) is 4.81. The van der Waals surface area contributed by atoms with Gasteiger partial charge in [0.15, 0.2) is 0 Å². The first-order chi connectivity index (χ1) is 10.5. The van der Waals surface area contributed by atoms with Gasteiger partial charge in [0, 0.05) is 11.8 Å². The molecular formula is C20H22O2. The maximum Gasteiger partial charge on any atom is 0.131 e. The fourth-order valence-electron chi connectivity index (χ4n) is 2.80. The Morgan fingerprint density at radius 2 is 1.68 bits per heavy atom. The molecule has 0 radical (unpaired) electrons. The van der Waals surface area contributed by atoms with Crippen LogP contribution in [-0.4, -0.2) is 12.9 Å². The van der Waals surface area contributed by atoms with Crippen LogP contribution in [0.25, 0.3) is 5.57 Å². The fourth-order valence-corrected chi connectivity index (χ4v) is 2.80. The highest BCUT2D eigenvalue weighted by molar-refractivity contribution is 5.84. The van der Waals surface area contributed by atoms with E-state index < -0.39 is 5.41 Å². The molecule has 0 N–H and O–H groups in total. The number of allylic oxidation sites excluding steroid dienone is 1. The molecule has 0 aliphatic rings. The maximum atomic E-state index is 11.8. The van der Waals surface area contributed by atoms with E-state index in [2.05, 4.69) is 13.5 Å². The highest BCUT2D eigenvalue weighted by Crippen LogP contribution is 2.40. The topological polar surface area (TPSA) is 26.3 Å². The molecule has 114 valence electrons. The zero-order valence-electron chi connectivity index (χ0n) is 13.4. The molecule has 0 heterocycles. The average Bonchev–Trinajstić information content (AvgIpc) is 2.54. The Morgan fingerprint density at radius 3 is 2.18 bits per heavy atom. The van der Waals surface area contributed by atoms with E-state index in [-0.39, 0.29) is 5.78 Å². The predicted molar refractivity (Wildman–Crippen MR) is 91.1 cm³/mol. The highest BCUT2D eigenvalue weighted by atomic mass is 16.5. The Hall–Kier alpha value is -2.35. The molecule has 2 nitrogen and oxygen atoms in total. The second-order valence-electron chi connectivity index (χ2n) is 5.78. The van der Waals surface area contributed by atoms with E-state index in [0.717, 1.165) is 22.4 Å². The Labute approximate surface area is 132 Å². The first-order valence-electron chi connectivity index (χ1n) is 7.36. The van der Waals surface area contributed by atoms with Gasteiger partial charge in [-0.1, -0.05) is 56.0 Å². The van der Waals surface area contributed by atoms with E-state index in [0.29, 0.717) is 6.42 Å². The molecule has 0 bridgehead atoms. The molecule has 0 amide bonds. The van der Waals surface area contributed by atoms with Crippen LogP contribution in [0.15, 0.2) is 61.2 Å². The molecule has 0 fully saturated rings. The van der Waals surface area contributed by atoms with Crippen LogP contribution in [0, 0.1) is 0 Å². The van der Waals surface area contributed by atoms with Crippen molar-refractivity contribution in [2.45, 2.75) is 25.7 Å². The van der Waals surface area contributed by atoms with Crippen LogP contribution in [-0.2, 0) is 10.2 Å². The summed E-state index contributed by atoms with van der Waals surface area (Å²) in [6, 6.07) is 17.9. The quantitative estimate of drug-likeness (QED) is 0.775. The summed E-state index contributed by atoms with van der Waals surface area (Å²) in [6.45, 7) is 7.99. The maximum absolute atomic E-state index is 11.8. The van der Waals surface area contributed by atoms with Gasteiger partial charge < -0.3 is 4.74 Å². The van der Waals surface area contributed by atoms with Gasteiger partial charge in [-0.3, -0.25) is 4.79 Å². The second kappa shape index (κ2) is 6.61. The standard InChI is InChI=1S/C20H22O2/c1-15(21)14-20(3,16(2)17-8-6-5-7-9-17)18-10-12-19(22-4)13-11-18/h5-13H,2,14H2,1,3-4H3/t20-/m0/s1. The number of methoxy groups -OCH3 is 1. The van der Waals surface area contributed by atoms with Gasteiger partial charge >= 0.3 is 0 Å². The van der Waals surface area contributed by atoms with Crippen molar-refractivity contribution in [2.75, 3.05) is 7.11 Å². The van der Waals surface area contributed by atoms with Gasteiger partial charge in [-0.15, -0.1) is 0 Å². The summed E-state index contributed by atoms with van der Waals surface area (Å²) in [4.78, 5) is 11.8. The lowest BCUT2D eigenvalue weighted by Crippen LogP contribution is -2.26. The van der Waals surface area contributed by atoms with Crippen LogP contribution in [0.1, 0.15) is 31.4 Å². The molecule has 2 aromatic rings. The number of hydrogen-bond acceptors (Lipinski definition) is 2. The molecule has 0 saturated heterocycles. The molecule has 2 heteroatoms. The van der Waals surface area contributed by atoms with Crippen molar-refractivity contribution in [1.82, 2.24) is 0 Å². The zero-order chi connectivity index (χ0) is 16.2. The van der Waals surface area contributed by atoms with E-state index in [1.165, 1.54) is 0 Å². The van der Waals surface area contributed by atoms with Crippen LogP contribution >= 0.6 is 0 Å². The van der Waals surface area contributed by atoms with Crippen LogP contribution < -0.4 is 4.74 Å². The van der Waals surface area contributed by atoms with Crippen molar-refractivity contribution in [3.63, 3.8) is 0 Å². The molecule has 0 aliphatic carbocycles. The van der Waals surface area contributed by atoms with Crippen LogP contribution in [0.3, 0.4) is 0 Å². The van der Waals surface area contributed by atoms with Gasteiger partial charge in [-0.25, -0.2) is 0 Å². The lowest BCUT2D eigenvalue weighted by atomic mass is 9.71. The third kappa shape index (κ3) is 3.28. The summed E-state index contributed by atoms with van der Waals surface area (Å²) in [7, 11) is 1.65. The number of carbonyl (C=O) groups excluding carboxylic acids is 1. The van der Waals surface area contributed by atoms with E-state index in [1.54, 1.807) is 14.0 Å². The van der Waals surface area contributed by atoms with Gasteiger partial charge in [0.25, 0.3) is 0 Å². The van der Waals surface area contributed by atoms with E-state index in [4.69, 9.17) is 4.74 Å². The number of rotatable bonds is 6. The van der Waals surface area contributed by atoms with Gasteiger partial charge in [0.2, 0.25) is 0 Å². The minimum atomic E-state index is -0.431. The Morgan fingerprint density at radius 1 is 1.09 bits per heavy atom. The molecular weight excluding hydrogens is 272 g/mol. The molecule has 0 saturated carbocycles. The van der Waals surface area contributed by atoms with Gasteiger partial charge in [0.05, 0.1) is 7.11 Å². The van der Waals surface area contributed by atoms with Crippen molar-refractivity contribution in [3.05, 3.63) is 72.3 Å². The minimum Gasteiger partial charge on any atom is -0.497 e. The van der Waals surface area contributed by atoms with Crippen LogP contribution in [0.2, 0.25) is 0 Å². The number of hydrogen-bond donors (Lipinski definition) is 0. The molecule has 22 heavy (non-hydrogen) atoms. The molecule has 2 rings (SSSR count). The van der Waals surface area contributed by atoms with Gasteiger partial charge in [-0.2, -0.15) is 0 Å². The number of ketones is 1. The summed E-state index contributed by atoms with van der Waals surface area (Å²) in [5, 5.41) is 0. The SMILES string of the molecule is C=C(c1ccccc1)[C@](C)(CC(C)=O)c1ccc(OC)cc1. The molecule has 0 aliphatic heterocycles. The van der Waals surface area contributed by atoms with Crippen molar-refractivity contribution in [3.8, 4) is 5.75 Å². The molecule has 1 atom stereocenters. The summed E-state index contributed by atoms with van der Waals surface area (Å²) in [5.41, 5.74) is 2.65. The van der Waals surface area contributed by atoms with Gasteiger partial charge in [0.1, 0.15) is 11.5 Å². The summed E-state index contributed by atoms with van der Waals surface area (Å²) < 4.78 is 5.22. The molecule has 2 aromatic carbocycles. The normalized spacial score (nSPS) is 13.2. The molecule has 0 unspecified atom stereocenters. The number of benzene rings is 2. The molecule has 0 aromatic heterocycles. The van der Waals surface area contributed by atoms with E-state index in [1.807, 2.05) is 54.6 Å². The van der Waals surface area contributed by atoms with Crippen molar-refractivity contribution < 1.29 is 9.53 Å². The van der Waals surface area contributed by atoms with E-state index >= 15 is 0 Å². The second-order valence-corrected chi connectivity index (χ2v) is 5.78. The molecule has 0 spiro atoms.